The Morgan fingerprint density at radius 3 is 2.76 bits per heavy atom. The number of carbonyl (C=O) groups excluding carboxylic acids is 3. The normalized spacial score (nSPS) is 23.1. The highest BCUT2D eigenvalue weighted by Crippen LogP contribution is 2.36. The second kappa shape index (κ2) is 8.12. The average Bonchev–Trinajstić information content (AvgIpc) is 2.98. The van der Waals surface area contributed by atoms with Gasteiger partial charge < -0.3 is 10.6 Å². The molecule has 150 valence electrons. The lowest BCUT2D eigenvalue weighted by Crippen LogP contribution is -2.46. The van der Waals surface area contributed by atoms with Gasteiger partial charge in [0.05, 0.1) is 11.6 Å². The first-order chi connectivity index (χ1) is 14.0. The summed E-state index contributed by atoms with van der Waals surface area (Å²) in [5.41, 5.74) is 0.729. The van der Waals surface area contributed by atoms with Crippen LogP contribution in [0, 0.1) is 0 Å². The van der Waals surface area contributed by atoms with Crippen molar-refractivity contribution in [2.24, 2.45) is 0 Å². The molecule has 2 aromatic carbocycles. The van der Waals surface area contributed by atoms with Crippen LogP contribution < -0.4 is 16.0 Å². The third kappa shape index (κ3) is 4.13. The van der Waals surface area contributed by atoms with E-state index in [2.05, 4.69) is 28.1 Å². The molecule has 4 amide bonds. The summed E-state index contributed by atoms with van der Waals surface area (Å²) in [6, 6.07) is 15.0. The zero-order chi connectivity index (χ0) is 20.4. The lowest BCUT2D eigenvalue weighted by atomic mass is 10.0. The fourth-order valence-electron chi connectivity index (χ4n) is 3.41. The van der Waals surface area contributed by atoms with Crippen molar-refractivity contribution < 1.29 is 14.4 Å². The van der Waals surface area contributed by atoms with Crippen LogP contribution in [0.5, 0.6) is 0 Å². The van der Waals surface area contributed by atoms with Crippen molar-refractivity contribution >= 4 is 41.4 Å². The van der Waals surface area contributed by atoms with E-state index in [1.165, 1.54) is 16.7 Å². The average molecular weight is 428 g/mol. The van der Waals surface area contributed by atoms with E-state index < -0.39 is 11.6 Å². The van der Waals surface area contributed by atoms with E-state index in [9.17, 15) is 14.4 Å². The molecule has 0 bridgehead atoms. The fraction of sp³-hybridized carbons (Fsp3) is 0.286. The summed E-state index contributed by atoms with van der Waals surface area (Å²) in [6.45, 7) is 1.68. The number of rotatable bonds is 5. The molecule has 6 nitrogen and oxygen atoms in total. The molecular formula is C21H21N3O3S2. The Hall–Kier alpha value is -2.45. The van der Waals surface area contributed by atoms with Crippen molar-refractivity contribution in [3.05, 3.63) is 59.7 Å². The number of imide groups is 1. The molecule has 0 aromatic heterocycles. The first-order valence-corrected chi connectivity index (χ1v) is 11.3. The smallest absolute Gasteiger partial charge is 0.322 e. The van der Waals surface area contributed by atoms with Crippen LogP contribution in [0.3, 0.4) is 0 Å². The quantitative estimate of drug-likeness (QED) is 0.503. The molecule has 1 fully saturated rings. The summed E-state index contributed by atoms with van der Waals surface area (Å²) in [7, 11) is 0. The Balaban J connectivity index is 1.49. The Kier molecular flexibility index (Phi) is 5.56. The maximum atomic E-state index is 13.1. The highest BCUT2D eigenvalue weighted by Gasteiger charge is 2.42. The van der Waals surface area contributed by atoms with Crippen molar-refractivity contribution in [2.75, 3.05) is 11.5 Å². The first-order valence-electron chi connectivity index (χ1n) is 9.34. The monoisotopic (exact) mass is 427 g/mol. The Bertz CT molecular complexity index is 981. The second-order valence-electron chi connectivity index (χ2n) is 7.23. The molecule has 2 atom stereocenters. The van der Waals surface area contributed by atoms with Crippen molar-refractivity contribution in [3.8, 4) is 0 Å². The molecular weight excluding hydrogens is 406 g/mol. The molecule has 2 aliphatic heterocycles. The zero-order valence-corrected chi connectivity index (χ0v) is 17.5. The predicted molar refractivity (Wildman–Crippen MR) is 114 cm³/mol. The Labute approximate surface area is 177 Å². The number of urea groups is 1. The molecule has 2 heterocycles. The number of benzene rings is 2. The molecule has 2 aliphatic rings. The largest absolute Gasteiger partial charge is 0.345 e. The summed E-state index contributed by atoms with van der Waals surface area (Å²) in [4.78, 5) is 38.5. The highest BCUT2D eigenvalue weighted by atomic mass is 32.2. The molecule has 0 unspecified atom stereocenters. The van der Waals surface area contributed by atoms with Gasteiger partial charge in [-0.1, -0.05) is 30.3 Å². The van der Waals surface area contributed by atoms with E-state index in [0.29, 0.717) is 11.3 Å². The molecule has 0 radical (unpaired) electrons. The summed E-state index contributed by atoms with van der Waals surface area (Å²) in [5, 5.41) is 8.08. The van der Waals surface area contributed by atoms with E-state index >= 15 is 0 Å². The van der Waals surface area contributed by atoms with Gasteiger partial charge in [-0.2, -0.15) is 0 Å². The van der Waals surface area contributed by atoms with E-state index in [4.69, 9.17) is 0 Å². The van der Waals surface area contributed by atoms with E-state index in [-0.39, 0.29) is 17.9 Å². The third-order valence-corrected chi connectivity index (χ3v) is 7.54. The van der Waals surface area contributed by atoms with Crippen LogP contribution in [-0.2, 0) is 4.79 Å². The minimum absolute atomic E-state index is 0.0181. The van der Waals surface area contributed by atoms with Gasteiger partial charge in [0.25, 0.3) is 11.8 Å². The Morgan fingerprint density at radius 2 is 1.97 bits per heavy atom. The second-order valence-corrected chi connectivity index (χ2v) is 9.38. The number of carbonyl (C=O) groups is 3. The van der Waals surface area contributed by atoms with Gasteiger partial charge in [0, 0.05) is 21.3 Å². The third-order valence-electron chi connectivity index (χ3n) is 5.03. The maximum Gasteiger partial charge on any atom is 0.322 e. The SMILES string of the molecule is C[C@@]1(CSc2ccccc2C(=O)N[C@@H]2CCSc3ccccc32)NC(=O)NC1=O. The lowest BCUT2D eigenvalue weighted by Gasteiger charge is -2.26. The van der Waals surface area contributed by atoms with E-state index in [1.807, 2.05) is 42.1 Å². The summed E-state index contributed by atoms with van der Waals surface area (Å²) < 4.78 is 0. The lowest BCUT2D eigenvalue weighted by molar-refractivity contribution is -0.122. The van der Waals surface area contributed by atoms with Crippen LogP contribution in [0.2, 0.25) is 0 Å². The topological polar surface area (TPSA) is 87.3 Å². The number of fused-ring (bicyclic) bond motifs is 1. The Morgan fingerprint density at radius 1 is 1.21 bits per heavy atom. The molecule has 3 N–H and O–H groups in total. The molecule has 1 saturated heterocycles. The van der Waals surface area contributed by atoms with Gasteiger partial charge >= 0.3 is 6.03 Å². The standard InChI is InChI=1S/C21H21N3O3S2/c1-21(19(26)23-20(27)24-21)12-29-17-9-5-3-7-14(17)18(25)22-15-10-11-28-16-8-4-2-6-13(15)16/h2-9,15H,10-12H2,1H3,(H,22,25)(H2,23,24,26,27)/t15-,21+/m1/s1. The molecule has 0 saturated carbocycles. The van der Waals surface area contributed by atoms with Crippen molar-refractivity contribution in [3.63, 3.8) is 0 Å². The van der Waals surface area contributed by atoms with Crippen LogP contribution in [0.15, 0.2) is 58.3 Å². The maximum absolute atomic E-state index is 13.1. The molecule has 2 aromatic rings. The van der Waals surface area contributed by atoms with Crippen molar-refractivity contribution in [2.45, 2.75) is 34.7 Å². The number of amides is 4. The van der Waals surface area contributed by atoms with Gasteiger partial charge in [-0.05, 0) is 37.1 Å². The van der Waals surface area contributed by atoms with Gasteiger partial charge in [0.15, 0.2) is 0 Å². The fourth-order valence-corrected chi connectivity index (χ4v) is 5.68. The van der Waals surface area contributed by atoms with Crippen molar-refractivity contribution in [1.82, 2.24) is 16.0 Å². The molecule has 0 spiro atoms. The number of hydrogen-bond donors (Lipinski definition) is 3. The molecule has 4 rings (SSSR count). The van der Waals surface area contributed by atoms with Gasteiger partial charge in [-0.25, -0.2) is 4.79 Å². The van der Waals surface area contributed by atoms with Crippen LogP contribution in [-0.4, -0.2) is 34.9 Å². The van der Waals surface area contributed by atoms with Gasteiger partial charge in [-0.3, -0.25) is 14.9 Å². The van der Waals surface area contributed by atoms with Crippen LogP contribution >= 0.6 is 23.5 Å². The van der Waals surface area contributed by atoms with Crippen LogP contribution in [0.25, 0.3) is 0 Å². The minimum atomic E-state index is -0.995. The zero-order valence-electron chi connectivity index (χ0n) is 15.9. The van der Waals surface area contributed by atoms with Gasteiger partial charge in [0.2, 0.25) is 0 Å². The predicted octanol–water partition coefficient (Wildman–Crippen LogP) is 3.34. The number of hydrogen-bond acceptors (Lipinski definition) is 5. The summed E-state index contributed by atoms with van der Waals surface area (Å²) in [5.74, 6) is 0.807. The summed E-state index contributed by atoms with van der Waals surface area (Å²) in [6.07, 6.45) is 0.882. The number of thioether (sulfide) groups is 2. The van der Waals surface area contributed by atoms with E-state index in [0.717, 1.165) is 22.6 Å². The summed E-state index contributed by atoms with van der Waals surface area (Å²) >= 11 is 3.20. The van der Waals surface area contributed by atoms with Crippen LogP contribution in [0.4, 0.5) is 4.79 Å². The molecule has 29 heavy (non-hydrogen) atoms. The molecule has 0 aliphatic carbocycles. The van der Waals surface area contributed by atoms with E-state index in [1.54, 1.807) is 13.0 Å². The van der Waals surface area contributed by atoms with Gasteiger partial charge in [-0.15, -0.1) is 23.5 Å². The highest BCUT2D eigenvalue weighted by molar-refractivity contribution is 7.99. The van der Waals surface area contributed by atoms with Gasteiger partial charge in [0.1, 0.15) is 5.54 Å². The minimum Gasteiger partial charge on any atom is -0.345 e. The first kappa shape index (κ1) is 19.8. The van der Waals surface area contributed by atoms with Crippen molar-refractivity contribution in [1.29, 1.82) is 0 Å². The van der Waals surface area contributed by atoms with Crippen LogP contribution in [0.1, 0.15) is 35.3 Å². The molecule has 8 heteroatoms. The number of nitrogens with one attached hydrogen (secondary N) is 3.